The summed E-state index contributed by atoms with van der Waals surface area (Å²) in [6.45, 7) is 2.75. The number of nitrogens with two attached hydrogens (primary N) is 1. The molecule has 2 N–H and O–H groups in total. The Morgan fingerprint density at radius 1 is 1.38 bits per heavy atom. The second-order valence-electron chi connectivity index (χ2n) is 2.80. The number of rotatable bonds is 2. The van der Waals surface area contributed by atoms with Gasteiger partial charge in [-0.05, 0) is 19.9 Å². The van der Waals surface area contributed by atoms with E-state index in [0.29, 0.717) is 5.57 Å². The normalized spacial score (nSPS) is 21.3. The SMILES string of the molecule is CC(=O)C1=C(C(C)=O)C(N)OC=C1. The molecule has 4 nitrogen and oxygen atoms in total. The van der Waals surface area contributed by atoms with Gasteiger partial charge >= 0.3 is 0 Å². The third-order valence-electron chi connectivity index (χ3n) is 1.79. The highest BCUT2D eigenvalue weighted by Crippen LogP contribution is 2.17. The summed E-state index contributed by atoms with van der Waals surface area (Å²) in [6.07, 6.45) is 1.97. The lowest BCUT2D eigenvalue weighted by Gasteiger charge is -2.19. The van der Waals surface area contributed by atoms with Gasteiger partial charge in [0.05, 0.1) is 11.8 Å². The molecule has 0 saturated carbocycles. The minimum absolute atomic E-state index is 0.180. The molecule has 0 aliphatic carbocycles. The standard InChI is InChI=1S/C9H11NO3/c1-5(11)7-3-4-13-9(10)8(7)6(2)12/h3-4,9H,10H2,1-2H3. The number of carbonyl (C=O) groups excluding carboxylic acids is 2. The molecule has 70 valence electrons. The molecule has 0 radical (unpaired) electrons. The first-order chi connectivity index (χ1) is 6.04. The Balaban J connectivity index is 3.20. The zero-order valence-electron chi connectivity index (χ0n) is 7.53. The smallest absolute Gasteiger partial charge is 0.177 e. The predicted octanol–water partition coefficient (Wildman–Crippen LogP) is 0.290. The van der Waals surface area contributed by atoms with E-state index in [-0.39, 0.29) is 17.1 Å². The molecule has 0 aromatic heterocycles. The summed E-state index contributed by atoms with van der Waals surface area (Å²) in [6, 6.07) is 0. The van der Waals surface area contributed by atoms with Crippen LogP contribution in [-0.2, 0) is 14.3 Å². The lowest BCUT2D eigenvalue weighted by molar-refractivity contribution is -0.117. The fourth-order valence-electron chi connectivity index (χ4n) is 1.20. The van der Waals surface area contributed by atoms with Crippen molar-refractivity contribution in [2.45, 2.75) is 20.1 Å². The second kappa shape index (κ2) is 3.53. The van der Waals surface area contributed by atoms with Crippen molar-refractivity contribution >= 4 is 11.6 Å². The highest BCUT2D eigenvalue weighted by molar-refractivity contribution is 6.07. The van der Waals surface area contributed by atoms with Crippen LogP contribution >= 0.6 is 0 Å². The molecule has 1 aliphatic heterocycles. The fraction of sp³-hybridized carbons (Fsp3) is 0.333. The Hall–Kier alpha value is -1.42. The van der Waals surface area contributed by atoms with Crippen LogP contribution in [-0.4, -0.2) is 17.8 Å². The summed E-state index contributed by atoms with van der Waals surface area (Å²) in [7, 11) is 0. The number of carbonyl (C=O) groups is 2. The summed E-state index contributed by atoms with van der Waals surface area (Å²) in [4.78, 5) is 22.2. The highest BCUT2D eigenvalue weighted by Gasteiger charge is 2.23. The van der Waals surface area contributed by atoms with Crippen LogP contribution in [0, 0.1) is 0 Å². The predicted molar refractivity (Wildman–Crippen MR) is 46.6 cm³/mol. The van der Waals surface area contributed by atoms with Crippen molar-refractivity contribution in [2.24, 2.45) is 5.73 Å². The Labute approximate surface area is 76.1 Å². The van der Waals surface area contributed by atoms with Crippen LogP contribution in [0.1, 0.15) is 13.8 Å². The third kappa shape index (κ3) is 1.84. The van der Waals surface area contributed by atoms with Crippen LogP contribution in [0.15, 0.2) is 23.5 Å². The first-order valence-electron chi connectivity index (χ1n) is 3.87. The quantitative estimate of drug-likeness (QED) is 0.664. The van der Waals surface area contributed by atoms with Gasteiger partial charge < -0.3 is 4.74 Å². The molecule has 0 aromatic carbocycles. The molecule has 1 rings (SSSR count). The number of Topliss-reactive ketones (excluding diaryl/α,β-unsaturated/α-hetero) is 2. The molecule has 0 saturated heterocycles. The molecule has 1 aliphatic rings. The van der Waals surface area contributed by atoms with E-state index in [1.807, 2.05) is 0 Å². The second-order valence-corrected chi connectivity index (χ2v) is 2.80. The van der Waals surface area contributed by atoms with Gasteiger partial charge in [-0.15, -0.1) is 0 Å². The summed E-state index contributed by atoms with van der Waals surface area (Å²) in [5.41, 5.74) is 6.09. The van der Waals surface area contributed by atoms with Gasteiger partial charge in [-0.1, -0.05) is 0 Å². The van der Waals surface area contributed by atoms with Gasteiger partial charge in [0.1, 0.15) is 0 Å². The van der Waals surface area contributed by atoms with E-state index in [1.54, 1.807) is 0 Å². The number of ether oxygens (including phenoxy) is 1. The molecule has 1 atom stereocenters. The van der Waals surface area contributed by atoms with Gasteiger partial charge in [-0.2, -0.15) is 0 Å². The monoisotopic (exact) mass is 181 g/mol. The van der Waals surface area contributed by atoms with Crippen LogP contribution < -0.4 is 5.73 Å². The average molecular weight is 181 g/mol. The fourth-order valence-corrected chi connectivity index (χ4v) is 1.20. The molecule has 0 fully saturated rings. The largest absolute Gasteiger partial charge is 0.479 e. The zero-order valence-corrected chi connectivity index (χ0v) is 7.53. The minimum atomic E-state index is -0.818. The number of ketones is 2. The van der Waals surface area contributed by atoms with Gasteiger partial charge in [0.15, 0.2) is 17.8 Å². The number of allylic oxidation sites excluding steroid dienone is 2. The van der Waals surface area contributed by atoms with Gasteiger partial charge in [-0.25, -0.2) is 0 Å². The summed E-state index contributed by atoms with van der Waals surface area (Å²) in [5, 5.41) is 0. The van der Waals surface area contributed by atoms with Crippen LogP contribution in [0.4, 0.5) is 0 Å². The average Bonchev–Trinajstić information content (AvgIpc) is 2.02. The molecule has 0 bridgehead atoms. The van der Waals surface area contributed by atoms with Crippen molar-refractivity contribution in [3.8, 4) is 0 Å². The van der Waals surface area contributed by atoms with Gasteiger partial charge in [0.2, 0.25) is 0 Å². The van der Waals surface area contributed by atoms with Crippen molar-refractivity contribution in [2.75, 3.05) is 0 Å². The summed E-state index contributed by atoms with van der Waals surface area (Å²) < 4.78 is 4.90. The molecular weight excluding hydrogens is 170 g/mol. The maximum absolute atomic E-state index is 11.1. The molecular formula is C9H11NO3. The zero-order chi connectivity index (χ0) is 10.0. The molecule has 0 amide bonds. The molecule has 0 aromatic rings. The van der Waals surface area contributed by atoms with Crippen LogP contribution in [0.3, 0.4) is 0 Å². The molecule has 1 unspecified atom stereocenters. The van der Waals surface area contributed by atoms with Crippen molar-refractivity contribution in [1.82, 2.24) is 0 Å². The van der Waals surface area contributed by atoms with Crippen LogP contribution in [0.25, 0.3) is 0 Å². The van der Waals surface area contributed by atoms with E-state index in [4.69, 9.17) is 10.5 Å². The Bertz CT molecular complexity index is 315. The topological polar surface area (TPSA) is 69.4 Å². The Morgan fingerprint density at radius 3 is 2.38 bits per heavy atom. The Morgan fingerprint density at radius 2 is 2.00 bits per heavy atom. The highest BCUT2D eigenvalue weighted by atomic mass is 16.5. The molecule has 13 heavy (non-hydrogen) atoms. The number of hydrogen-bond donors (Lipinski definition) is 1. The molecule has 4 heteroatoms. The summed E-state index contributed by atoms with van der Waals surface area (Å²) in [5.74, 6) is -0.415. The maximum atomic E-state index is 11.1. The van der Waals surface area contributed by atoms with Gasteiger partial charge in [0.25, 0.3) is 0 Å². The first kappa shape index (κ1) is 9.67. The minimum Gasteiger partial charge on any atom is -0.479 e. The summed E-state index contributed by atoms with van der Waals surface area (Å²) >= 11 is 0. The lowest BCUT2D eigenvalue weighted by Crippen LogP contribution is -2.31. The molecule has 0 spiro atoms. The van der Waals surface area contributed by atoms with E-state index < -0.39 is 6.23 Å². The van der Waals surface area contributed by atoms with Crippen molar-refractivity contribution in [3.05, 3.63) is 23.5 Å². The first-order valence-corrected chi connectivity index (χ1v) is 3.87. The van der Waals surface area contributed by atoms with Crippen LogP contribution in [0.2, 0.25) is 0 Å². The van der Waals surface area contributed by atoms with Crippen molar-refractivity contribution in [3.63, 3.8) is 0 Å². The van der Waals surface area contributed by atoms with E-state index in [0.717, 1.165) is 0 Å². The van der Waals surface area contributed by atoms with E-state index in [1.165, 1.54) is 26.2 Å². The van der Waals surface area contributed by atoms with Gasteiger partial charge in [0, 0.05) is 5.57 Å². The van der Waals surface area contributed by atoms with E-state index in [2.05, 4.69) is 0 Å². The number of hydrogen-bond acceptors (Lipinski definition) is 4. The van der Waals surface area contributed by atoms with Gasteiger partial charge in [-0.3, -0.25) is 15.3 Å². The van der Waals surface area contributed by atoms with Crippen molar-refractivity contribution in [1.29, 1.82) is 0 Å². The third-order valence-corrected chi connectivity index (χ3v) is 1.79. The van der Waals surface area contributed by atoms with Crippen LogP contribution in [0.5, 0.6) is 0 Å². The van der Waals surface area contributed by atoms with Crippen molar-refractivity contribution < 1.29 is 14.3 Å². The molecule has 1 heterocycles. The Kier molecular flexibility index (Phi) is 2.63. The van der Waals surface area contributed by atoms with E-state index >= 15 is 0 Å². The lowest BCUT2D eigenvalue weighted by atomic mass is 9.99. The van der Waals surface area contributed by atoms with E-state index in [9.17, 15) is 9.59 Å². The maximum Gasteiger partial charge on any atom is 0.177 e.